The van der Waals surface area contributed by atoms with Crippen molar-refractivity contribution < 1.29 is 19.1 Å². The number of hydrogen-bond donors (Lipinski definition) is 1. The zero-order chi connectivity index (χ0) is 23.5. The zero-order valence-electron chi connectivity index (χ0n) is 17.5. The van der Waals surface area contributed by atoms with Crippen LogP contribution in [0.4, 0.5) is 10.5 Å². The highest BCUT2D eigenvalue weighted by Crippen LogP contribution is 2.26. The Balaban J connectivity index is 1.55. The van der Waals surface area contributed by atoms with E-state index in [2.05, 4.69) is 27.9 Å². The summed E-state index contributed by atoms with van der Waals surface area (Å²) in [5.74, 6) is -0.735. The van der Waals surface area contributed by atoms with Gasteiger partial charge in [0.2, 0.25) is 0 Å². The van der Waals surface area contributed by atoms with Crippen molar-refractivity contribution >= 4 is 63.8 Å². The number of amides is 4. The summed E-state index contributed by atoms with van der Waals surface area (Å²) in [4.78, 5) is 38.7. The fraction of sp³-hybridized carbons (Fsp3) is 0.0800. The lowest BCUT2D eigenvalue weighted by Crippen LogP contribution is -2.54. The topological polar surface area (TPSA) is 75.7 Å². The van der Waals surface area contributed by atoms with Gasteiger partial charge in [0.25, 0.3) is 11.8 Å². The van der Waals surface area contributed by atoms with Gasteiger partial charge in [-0.05, 0) is 83.1 Å². The lowest BCUT2D eigenvalue weighted by molar-refractivity contribution is -0.122. The smallest absolute Gasteiger partial charge is 0.335 e. The Morgan fingerprint density at radius 3 is 2.36 bits per heavy atom. The van der Waals surface area contributed by atoms with Gasteiger partial charge in [-0.2, -0.15) is 0 Å². The van der Waals surface area contributed by atoms with Crippen LogP contribution in [0.3, 0.4) is 0 Å². The molecule has 1 fully saturated rings. The van der Waals surface area contributed by atoms with Crippen LogP contribution in [0.25, 0.3) is 6.08 Å². The SMILES string of the molecule is Cc1ccc(N2C(=O)NC(=O)/C(=C\c3ccc(OCc4ccc(Cl)cc4)c(I)c3)C2=O)cc1. The van der Waals surface area contributed by atoms with Crippen LogP contribution in [0.2, 0.25) is 5.02 Å². The molecule has 0 radical (unpaired) electrons. The molecule has 1 saturated heterocycles. The molecule has 0 aliphatic carbocycles. The van der Waals surface area contributed by atoms with Gasteiger partial charge in [-0.15, -0.1) is 0 Å². The lowest BCUT2D eigenvalue weighted by Gasteiger charge is -2.26. The molecule has 4 rings (SSSR count). The molecule has 3 aromatic rings. The van der Waals surface area contributed by atoms with Crippen molar-refractivity contribution in [1.29, 1.82) is 0 Å². The molecule has 1 N–H and O–H groups in total. The third kappa shape index (κ3) is 5.26. The average Bonchev–Trinajstić information content (AvgIpc) is 2.78. The second kappa shape index (κ2) is 9.76. The maximum absolute atomic E-state index is 13.0. The third-order valence-corrected chi connectivity index (χ3v) is 6.06. The molecule has 6 nitrogen and oxygen atoms in total. The normalized spacial score (nSPS) is 15.1. The molecule has 8 heteroatoms. The summed E-state index contributed by atoms with van der Waals surface area (Å²) in [6.45, 7) is 2.28. The number of imide groups is 2. The van der Waals surface area contributed by atoms with Gasteiger partial charge in [-0.3, -0.25) is 14.9 Å². The van der Waals surface area contributed by atoms with Crippen LogP contribution in [0.5, 0.6) is 5.75 Å². The standard InChI is InChI=1S/C25H18ClIN2O4/c1-15-2-9-19(10-3-15)29-24(31)20(23(30)28-25(29)32)12-17-6-11-22(21(27)13-17)33-14-16-4-7-18(26)8-5-16/h2-13H,14H2,1H3,(H,28,30,32)/b20-12+. The summed E-state index contributed by atoms with van der Waals surface area (Å²) >= 11 is 8.04. The highest BCUT2D eigenvalue weighted by molar-refractivity contribution is 14.1. The first-order valence-corrected chi connectivity index (χ1v) is 11.4. The van der Waals surface area contributed by atoms with Crippen LogP contribution in [0.15, 0.2) is 72.3 Å². The van der Waals surface area contributed by atoms with E-state index in [0.29, 0.717) is 28.6 Å². The Morgan fingerprint density at radius 2 is 1.70 bits per heavy atom. The Kier molecular flexibility index (Phi) is 6.80. The zero-order valence-corrected chi connectivity index (χ0v) is 20.4. The first-order valence-electron chi connectivity index (χ1n) is 9.97. The van der Waals surface area contributed by atoms with Crippen molar-refractivity contribution in [1.82, 2.24) is 5.32 Å². The Hall–Kier alpha value is -3.17. The quantitative estimate of drug-likeness (QED) is 0.249. The molecule has 0 aromatic heterocycles. The molecule has 0 spiro atoms. The number of rotatable bonds is 5. The molecular weight excluding hydrogens is 555 g/mol. The van der Waals surface area contributed by atoms with Crippen LogP contribution in [0.1, 0.15) is 16.7 Å². The van der Waals surface area contributed by atoms with E-state index in [1.165, 1.54) is 6.08 Å². The van der Waals surface area contributed by atoms with Crippen LogP contribution in [0, 0.1) is 10.5 Å². The van der Waals surface area contributed by atoms with Gasteiger partial charge in [0.15, 0.2) is 0 Å². The fourth-order valence-corrected chi connectivity index (χ4v) is 4.04. The molecule has 0 atom stereocenters. The number of barbiturate groups is 1. The molecule has 33 heavy (non-hydrogen) atoms. The van der Waals surface area contributed by atoms with E-state index < -0.39 is 17.8 Å². The number of aryl methyl sites for hydroxylation is 1. The average molecular weight is 573 g/mol. The predicted molar refractivity (Wildman–Crippen MR) is 135 cm³/mol. The summed E-state index contributed by atoms with van der Waals surface area (Å²) < 4.78 is 6.69. The maximum Gasteiger partial charge on any atom is 0.335 e. The molecule has 1 aliphatic rings. The Labute approximate surface area is 209 Å². The van der Waals surface area contributed by atoms with Gasteiger partial charge < -0.3 is 4.74 Å². The van der Waals surface area contributed by atoms with Crippen molar-refractivity contribution in [3.63, 3.8) is 0 Å². The van der Waals surface area contributed by atoms with Gasteiger partial charge in [0.05, 0.1) is 9.26 Å². The number of carbonyl (C=O) groups is 3. The summed E-state index contributed by atoms with van der Waals surface area (Å²) in [6, 6.07) is 18.9. The number of benzene rings is 3. The van der Waals surface area contributed by atoms with Gasteiger partial charge >= 0.3 is 6.03 Å². The lowest BCUT2D eigenvalue weighted by atomic mass is 10.1. The number of nitrogens with one attached hydrogen (secondary N) is 1. The highest BCUT2D eigenvalue weighted by Gasteiger charge is 2.36. The summed E-state index contributed by atoms with van der Waals surface area (Å²) in [7, 11) is 0. The second-order valence-electron chi connectivity index (χ2n) is 7.40. The van der Waals surface area contributed by atoms with Gasteiger partial charge in [-0.1, -0.05) is 47.5 Å². The third-order valence-electron chi connectivity index (χ3n) is 4.97. The fourth-order valence-electron chi connectivity index (χ4n) is 3.22. The summed E-state index contributed by atoms with van der Waals surface area (Å²) in [6.07, 6.45) is 1.47. The van der Waals surface area contributed by atoms with E-state index in [9.17, 15) is 14.4 Å². The van der Waals surface area contributed by atoms with Gasteiger partial charge in [0.1, 0.15) is 17.9 Å². The molecule has 0 saturated carbocycles. The first-order chi connectivity index (χ1) is 15.8. The largest absolute Gasteiger partial charge is 0.488 e. The predicted octanol–water partition coefficient (Wildman–Crippen LogP) is 5.50. The molecule has 0 bridgehead atoms. The molecule has 4 amide bonds. The minimum Gasteiger partial charge on any atom is -0.488 e. The van der Waals surface area contributed by atoms with Crippen LogP contribution < -0.4 is 15.0 Å². The van der Waals surface area contributed by atoms with E-state index in [1.807, 2.05) is 19.1 Å². The molecule has 1 aliphatic heterocycles. The second-order valence-corrected chi connectivity index (χ2v) is 9.00. The van der Waals surface area contributed by atoms with Crippen LogP contribution in [-0.2, 0) is 16.2 Å². The minimum absolute atomic E-state index is 0.124. The van der Waals surface area contributed by atoms with Crippen molar-refractivity contribution in [2.75, 3.05) is 4.90 Å². The first kappa shape index (κ1) is 23.0. The highest BCUT2D eigenvalue weighted by atomic mass is 127. The van der Waals surface area contributed by atoms with Crippen LogP contribution >= 0.6 is 34.2 Å². The van der Waals surface area contributed by atoms with Crippen molar-refractivity contribution in [3.05, 3.63) is 97.6 Å². The number of anilines is 1. The van der Waals surface area contributed by atoms with Crippen molar-refractivity contribution in [3.8, 4) is 5.75 Å². The molecule has 1 heterocycles. The van der Waals surface area contributed by atoms with Gasteiger partial charge in [-0.25, -0.2) is 9.69 Å². The number of carbonyl (C=O) groups excluding carboxylic acids is 3. The van der Waals surface area contributed by atoms with E-state index in [4.69, 9.17) is 16.3 Å². The Morgan fingerprint density at radius 1 is 1.00 bits per heavy atom. The molecule has 3 aromatic carbocycles. The monoisotopic (exact) mass is 572 g/mol. The number of nitrogens with zero attached hydrogens (tertiary/aromatic N) is 1. The summed E-state index contributed by atoms with van der Waals surface area (Å²) in [5.41, 5.74) is 2.87. The number of hydrogen-bond acceptors (Lipinski definition) is 4. The van der Waals surface area contributed by atoms with E-state index in [-0.39, 0.29) is 5.57 Å². The molecule has 166 valence electrons. The van der Waals surface area contributed by atoms with Crippen LogP contribution in [-0.4, -0.2) is 17.8 Å². The van der Waals surface area contributed by atoms with Gasteiger partial charge in [0, 0.05) is 5.02 Å². The van der Waals surface area contributed by atoms with Crippen molar-refractivity contribution in [2.24, 2.45) is 0 Å². The number of urea groups is 1. The number of ether oxygens (including phenoxy) is 1. The maximum atomic E-state index is 13.0. The Bertz CT molecular complexity index is 1270. The molecular formula is C25H18ClIN2O4. The molecule has 0 unspecified atom stereocenters. The number of halogens is 2. The van der Waals surface area contributed by atoms with E-state index in [0.717, 1.165) is 19.6 Å². The van der Waals surface area contributed by atoms with E-state index >= 15 is 0 Å². The summed E-state index contributed by atoms with van der Waals surface area (Å²) in [5, 5.41) is 2.90. The van der Waals surface area contributed by atoms with E-state index in [1.54, 1.807) is 54.6 Å². The minimum atomic E-state index is -0.772. The van der Waals surface area contributed by atoms with Crippen molar-refractivity contribution in [2.45, 2.75) is 13.5 Å².